The Morgan fingerprint density at radius 3 is 2.83 bits per heavy atom. The maximum absolute atomic E-state index is 12.4. The van der Waals surface area contributed by atoms with Gasteiger partial charge in [-0.2, -0.15) is 0 Å². The molecule has 1 heterocycles. The van der Waals surface area contributed by atoms with Crippen molar-refractivity contribution in [3.63, 3.8) is 0 Å². The van der Waals surface area contributed by atoms with Gasteiger partial charge in [-0.25, -0.2) is 4.79 Å². The van der Waals surface area contributed by atoms with E-state index in [-0.39, 0.29) is 17.7 Å². The van der Waals surface area contributed by atoms with Crippen LogP contribution >= 0.6 is 0 Å². The number of carbonyl (C=O) groups is 2. The van der Waals surface area contributed by atoms with Crippen LogP contribution in [-0.4, -0.2) is 18.0 Å². The molecule has 0 saturated heterocycles. The Bertz CT molecular complexity index is 749. The molecule has 5 nitrogen and oxygen atoms in total. The van der Waals surface area contributed by atoms with Crippen molar-refractivity contribution in [1.82, 2.24) is 5.32 Å². The van der Waals surface area contributed by atoms with Gasteiger partial charge in [-0.15, -0.1) is 0 Å². The molecule has 1 N–H and O–H groups in total. The molecule has 0 fully saturated rings. The van der Waals surface area contributed by atoms with E-state index >= 15 is 0 Å². The number of benzene rings is 1. The maximum Gasteiger partial charge on any atom is 0.375 e. The van der Waals surface area contributed by atoms with Crippen LogP contribution in [-0.2, 0) is 16.0 Å². The Balaban J connectivity index is 1.63. The molecule has 1 aliphatic carbocycles. The fraction of sp³-hybridized carbons (Fsp3) is 0.368. The van der Waals surface area contributed by atoms with Crippen molar-refractivity contribution in [3.05, 3.63) is 59.0 Å². The molecular formula is C19H21NO4. The minimum atomic E-state index is -0.879. The summed E-state index contributed by atoms with van der Waals surface area (Å²) in [6, 6.07) is 9.78. The van der Waals surface area contributed by atoms with E-state index in [4.69, 9.17) is 9.15 Å². The summed E-state index contributed by atoms with van der Waals surface area (Å²) in [6.45, 7) is 3.32. The summed E-state index contributed by atoms with van der Waals surface area (Å²) in [5, 5.41) is 2.99. The first-order chi connectivity index (χ1) is 11.6. The van der Waals surface area contributed by atoms with E-state index in [1.54, 1.807) is 19.9 Å². The topological polar surface area (TPSA) is 68.5 Å². The molecule has 0 unspecified atom stereocenters. The molecule has 0 aliphatic heterocycles. The normalized spacial score (nSPS) is 17.7. The zero-order chi connectivity index (χ0) is 17.1. The predicted molar refractivity (Wildman–Crippen MR) is 88.6 cm³/mol. The van der Waals surface area contributed by atoms with E-state index in [1.807, 2.05) is 18.2 Å². The minimum absolute atomic E-state index is 0.0334. The summed E-state index contributed by atoms with van der Waals surface area (Å²) in [4.78, 5) is 24.4. The molecule has 1 aromatic carbocycles. The number of carbonyl (C=O) groups excluding carboxylic acids is 2. The van der Waals surface area contributed by atoms with Crippen LogP contribution in [0.3, 0.4) is 0 Å². The summed E-state index contributed by atoms with van der Waals surface area (Å²) in [6.07, 6.45) is 3.50. The van der Waals surface area contributed by atoms with Crippen LogP contribution < -0.4 is 5.32 Å². The van der Waals surface area contributed by atoms with E-state index in [9.17, 15) is 9.59 Å². The number of rotatable bonds is 4. The fourth-order valence-electron chi connectivity index (χ4n) is 3.04. The lowest BCUT2D eigenvalue weighted by atomic mass is 9.87. The van der Waals surface area contributed by atoms with Gasteiger partial charge >= 0.3 is 5.97 Å². The number of esters is 1. The Hall–Kier alpha value is -2.56. The summed E-state index contributed by atoms with van der Waals surface area (Å²) < 4.78 is 10.3. The van der Waals surface area contributed by atoms with Gasteiger partial charge in [0.15, 0.2) is 6.10 Å². The molecule has 0 spiro atoms. The van der Waals surface area contributed by atoms with Gasteiger partial charge in [-0.3, -0.25) is 4.79 Å². The van der Waals surface area contributed by atoms with Gasteiger partial charge in [0.05, 0.1) is 12.3 Å². The van der Waals surface area contributed by atoms with Gasteiger partial charge in [0, 0.05) is 5.56 Å². The third kappa shape index (κ3) is 3.35. The van der Waals surface area contributed by atoms with Gasteiger partial charge in [0.1, 0.15) is 0 Å². The first-order valence-electron chi connectivity index (χ1n) is 8.19. The van der Waals surface area contributed by atoms with Crippen molar-refractivity contribution in [2.75, 3.05) is 0 Å². The summed E-state index contributed by atoms with van der Waals surface area (Å²) >= 11 is 0. The molecule has 0 saturated carbocycles. The van der Waals surface area contributed by atoms with Gasteiger partial charge in [0.2, 0.25) is 5.76 Å². The second-order valence-corrected chi connectivity index (χ2v) is 6.13. The van der Waals surface area contributed by atoms with Crippen molar-refractivity contribution >= 4 is 11.9 Å². The molecule has 0 radical (unpaired) electrons. The first-order valence-corrected chi connectivity index (χ1v) is 8.19. The molecule has 1 aliphatic rings. The average Bonchev–Trinajstić information content (AvgIpc) is 3.01. The number of aryl methyl sites for hydroxylation is 2. The second kappa shape index (κ2) is 6.91. The predicted octanol–water partition coefficient (Wildman–Crippen LogP) is 3.33. The third-order valence-corrected chi connectivity index (χ3v) is 4.39. The Morgan fingerprint density at radius 2 is 2.08 bits per heavy atom. The number of nitrogens with one attached hydrogen (secondary N) is 1. The molecule has 5 heteroatoms. The highest BCUT2D eigenvalue weighted by Crippen LogP contribution is 2.29. The average molecular weight is 327 g/mol. The SMILES string of the molecule is Cc1ccoc1C(=O)O[C@H](C)C(=O)N[C@H]1CCCc2ccccc21. The molecule has 1 amide bonds. The summed E-state index contributed by atoms with van der Waals surface area (Å²) in [5.74, 6) is -0.781. The Kier molecular flexibility index (Phi) is 4.69. The van der Waals surface area contributed by atoms with E-state index in [1.165, 1.54) is 11.8 Å². The van der Waals surface area contributed by atoms with Crippen molar-refractivity contribution in [3.8, 4) is 0 Å². The van der Waals surface area contributed by atoms with Gasteiger partial charge in [-0.1, -0.05) is 24.3 Å². The van der Waals surface area contributed by atoms with E-state index in [2.05, 4.69) is 11.4 Å². The van der Waals surface area contributed by atoms with Crippen LogP contribution in [0, 0.1) is 6.92 Å². The van der Waals surface area contributed by atoms with E-state index in [0.29, 0.717) is 5.56 Å². The highest BCUT2D eigenvalue weighted by atomic mass is 16.6. The maximum atomic E-state index is 12.4. The zero-order valence-electron chi connectivity index (χ0n) is 13.9. The summed E-state index contributed by atoms with van der Waals surface area (Å²) in [7, 11) is 0. The summed E-state index contributed by atoms with van der Waals surface area (Å²) in [5.41, 5.74) is 3.11. The molecule has 1 aromatic heterocycles. The largest absolute Gasteiger partial charge is 0.457 e. The number of hydrogen-bond acceptors (Lipinski definition) is 4. The van der Waals surface area contributed by atoms with Crippen LogP contribution in [0.15, 0.2) is 41.0 Å². The highest BCUT2D eigenvalue weighted by Gasteiger charge is 2.26. The molecule has 24 heavy (non-hydrogen) atoms. The molecule has 126 valence electrons. The quantitative estimate of drug-likeness (QED) is 0.875. The number of furan rings is 1. The van der Waals surface area contributed by atoms with Crippen LogP contribution in [0.2, 0.25) is 0 Å². The van der Waals surface area contributed by atoms with Crippen LogP contribution in [0.4, 0.5) is 0 Å². The van der Waals surface area contributed by atoms with E-state index in [0.717, 1.165) is 24.8 Å². The lowest BCUT2D eigenvalue weighted by Gasteiger charge is -2.27. The molecule has 2 aromatic rings. The lowest BCUT2D eigenvalue weighted by molar-refractivity contribution is -0.130. The van der Waals surface area contributed by atoms with Crippen molar-refractivity contribution in [1.29, 1.82) is 0 Å². The first kappa shape index (κ1) is 16.3. The number of ether oxygens (including phenoxy) is 1. The minimum Gasteiger partial charge on any atom is -0.457 e. The number of hydrogen-bond donors (Lipinski definition) is 1. The number of amides is 1. The van der Waals surface area contributed by atoms with Crippen LogP contribution in [0.25, 0.3) is 0 Å². The molecule has 2 atom stereocenters. The smallest absolute Gasteiger partial charge is 0.375 e. The van der Waals surface area contributed by atoms with E-state index < -0.39 is 12.1 Å². The highest BCUT2D eigenvalue weighted by molar-refractivity contribution is 5.91. The second-order valence-electron chi connectivity index (χ2n) is 6.13. The Labute approximate surface area is 141 Å². The standard InChI is InChI=1S/C19H21NO4/c1-12-10-11-23-17(12)19(22)24-13(2)18(21)20-16-9-5-7-14-6-3-4-8-15(14)16/h3-4,6,8,10-11,13,16H,5,7,9H2,1-2H3,(H,20,21)/t13-,16+/m1/s1. The van der Waals surface area contributed by atoms with Gasteiger partial charge < -0.3 is 14.5 Å². The lowest BCUT2D eigenvalue weighted by Crippen LogP contribution is -2.39. The number of fused-ring (bicyclic) bond motifs is 1. The van der Waals surface area contributed by atoms with Crippen molar-refractivity contribution in [2.45, 2.75) is 45.3 Å². The van der Waals surface area contributed by atoms with Gasteiger partial charge in [-0.05, 0) is 50.3 Å². The fourth-order valence-corrected chi connectivity index (χ4v) is 3.04. The van der Waals surface area contributed by atoms with Crippen LogP contribution in [0.1, 0.15) is 53.1 Å². The van der Waals surface area contributed by atoms with Crippen molar-refractivity contribution < 1.29 is 18.7 Å². The van der Waals surface area contributed by atoms with Gasteiger partial charge in [0.25, 0.3) is 5.91 Å². The monoisotopic (exact) mass is 327 g/mol. The third-order valence-electron chi connectivity index (χ3n) is 4.39. The zero-order valence-corrected chi connectivity index (χ0v) is 13.9. The van der Waals surface area contributed by atoms with Crippen LogP contribution in [0.5, 0.6) is 0 Å². The van der Waals surface area contributed by atoms with Crippen molar-refractivity contribution in [2.24, 2.45) is 0 Å². The molecule has 0 bridgehead atoms. The Morgan fingerprint density at radius 1 is 1.29 bits per heavy atom. The molecule has 3 rings (SSSR count). The molecular weight excluding hydrogens is 306 g/mol.